The second kappa shape index (κ2) is 5.83. The summed E-state index contributed by atoms with van der Waals surface area (Å²) < 4.78 is 0. The monoisotopic (exact) mass is 275 g/mol. The van der Waals surface area contributed by atoms with E-state index in [0.717, 1.165) is 0 Å². The van der Waals surface area contributed by atoms with Crippen LogP contribution in [0.3, 0.4) is 0 Å². The van der Waals surface area contributed by atoms with Crippen molar-refractivity contribution in [2.45, 2.75) is 32.4 Å². The van der Waals surface area contributed by atoms with E-state index in [9.17, 15) is 14.4 Å². The Labute approximate surface area is 116 Å². The van der Waals surface area contributed by atoms with Gasteiger partial charge in [-0.15, -0.1) is 0 Å². The standard InChI is InChI=1S/C14H17N3O3/c1-8(18)9-3-2-4-11(15)10(9)7-16-12-5-6-13(19)17-14(12)20/h2-4,12,16H,5-7,15H2,1H3,(H,17,19,20). The van der Waals surface area contributed by atoms with Crippen molar-refractivity contribution in [1.29, 1.82) is 0 Å². The number of hydrogen-bond donors (Lipinski definition) is 3. The van der Waals surface area contributed by atoms with Gasteiger partial charge in [-0.3, -0.25) is 19.7 Å². The van der Waals surface area contributed by atoms with Crippen LogP contribution in [0.25, 0.3) is 0 Å². The minimum atomic E-state index is -0.438. The summed E-state index contributed by atoms with van der Waals surface area (Å²) in [4.78, 5) is 34.3. The van der Waals surface area contributed by atoms with Gasteiger partial charge < -0.3 is 11.1 Å². The predicted octanol–water partition coefficient (Wildman–Crippen LogP) is 0.366. The number of nitrogen functional groups attached to an aromatic ring is 1. The van der Waals surface area contributed by atoms with Crippen molar-refractivity contribution in [3.05, 3.63) is 29.3 Å². The first-order chi connectivity index (χ1) is 9.49. The lowest BCUT2D eigenvalue weighted by Crippen LogP contribution is -2.50. The molecule has 0 radical (unpaired) electrons. The molecule has 1 aromatic rings. The van der Waals surface area contributed by atoms with Gasteiger partial charge in [-0.25, -0.2) is 0 Å². The predicted molar refractivity (Wildman–Crippen MR) is 73.9 cm³/mol. The molecular weight excluding hydrogens is 258 g/mol. The van der Waals surface area contributed by atoms with Gasteiger partial charge in [0.15, 0.2) is 5.78 Å². The van der Waals surface area contributed by atoms with Crippen LogP contribution in [0.15, 0.2) is 18.2 Å². The topological polar surface area (TPSA) is 101 Å². The van der Waals surface area contributed by atoms with Crippen LogP contribution in [-0.2, 0) is 16.1 Å². The third kappa shape index (κ3) is 3.03. The maximum Gasteiger partial charge on any atom is 0.243 e. The number of benzene rings is 1. The van der Waals surface area contributed by atoms with Crippen molar-refractivity contribution in [3.8, 4) is 0 Å². The number of rotatable bonds is 4. The summed E-state index contributed by atoms with van der Waals surface area (Å²) in [5, 5.41) is 5.33. The van der Waals surface area contributed by atoms with Gasteiger partial charge in [-0.2, -0.15) is 0 Å². The van der Waals surface area contributed by atoms with E-state index in [0.29, 0.717) is 36.2 Å². The van der Waals surface area contributed by atoms with E-state index in [2.05, 4.69) is 10.6 Å². The van der Waals surface area contributed by atoms with Gasteiger partial charge in [-0.05, 0) is 25.0 Å². The van der Waals surface area contributed by atoms with Crippen molar-refractivity contribution in [2.24, 2.45) is 0 Å². The summed E-state index contributed by atoms with van der Waals surface area (Å²) in [5.41, 5.74) is 7.63. The van der Waals surface area contributed by atoms with Crippen LogP contribution in [-0.4, -0.2) is 23.6 Å². The lowest BCUT2D eigenvalue weighted by Gasteiger charge is -2.22. The molecule has 2 amide bonds. The van der Waals surface area contributed by atoms with Crippen molar-refractivity contribution < 1.29 is 14.4 Å². The van der Waals surface area contributed by atoms with Gasteiger partial charge in [0.1, 0.15) is 0 Å². The van der Waals surface area contributed by atoms with E-state index in [4.69, 9.17) is 5.73 Å². The average molecular weight is 275 g/mol. The minimum Gasteiger partial charge on any atom is -0.398 e. The molecule has 20 heavy (non-hydrogen) atoms. The number of hydrogen-bond acceptors (Lipinski definition) is 5. The molecule has 0 aliphatic carbocycles. The van der Waals surface area contributed by atoms with Gasteiger partial charge in [-0.1, -0.05) is 12.1 Å². The summed E-state index contributed by atoms with van der Waals surface area (Å²) >= 11 is 0. The number of ketones is 1. The van der Waals surface area contributed by atoms with Gasteiger partial charge in [0.25, 0.3) is 0 Å². The number of carbonyl (C=O) groups is 3. The average Bonchev–Trinajstić information content (AvgIpc) is 2.38. The highest BCUT2D eigenvalue weighted by Crippen LogP contribution is 2.18. The van der Waals surface area contributed by atoms with Crippen molar-refractivity contribution >= 4 is 23.3 Å². The fraction of sp³-hybridized carbons (Fsp3) is 0.357. The highest BCUT2D eigenvalue weighted by molar-refractivity contribution is 6.00. The molecule has 6 nitrogen and oxygen atoms in total. The first-order valence-corrected chi connectivity index (χ1v) is 6.44. The van der Waals surface area contributed by atoms with E-state index in [1.165, 1.54) is 6.92 Å². The van der Waals surface area contributed by atoms with Crippen LogP contribution >= 0.6 is 0 Å². The summed E-state index contributed by atoms with van der Waals surface area (Å²) in [7, 11) is 0. The molecule has 1 aromatic carbocycles. The van der Waals surface area contributed by atoms with E-state index in [-0.39, 0.29) is 17.6 Å². The van der Waals surface area contributed by atoms with Gasteiger partial charge in [0.05, 0.1) is 6.04 Å². The maximum atomic E-state index is 11.6. The molecule has 1 aliphatic rings. The Morgan fingerprint density at radius 2 is 2.20 bits per heavy atom. The molecule has 1 heterocycles. The summed E-state index contributed by atoms with van der Waals surface area (Å²) in [6.45, 7) is 1.79. The molecule has 2 rings (SSSR count). The van der Waals surface area contributed by atoms with Crippen LogP contribution < -0.4 is 16.4 Å². The Morgan fingerprint density at radius 1 is 1.45 bits per heavy atom. The zero-order valence-corrected chi connectivity index (χ0v) is 11.2. The lowest BCUT2D eigenvalue weighted by atomic mass is 10.0. The Kier molecular flexibility index (Phi) is 4.14. The normalized spacial score (nSPS) is 18.8. The number of Topliss-reactive ketones (excluding diaryl/α,β-unsaturated/α-hetero) is 1. The van der Waals surface area contributed by atoms with Crippen LogP contribution in [0.5, 0.6) is 0 Å². The second-order valence-corrected chi connectivity index (χ2v) is 4.81. The van der Waals surface area contributed by atoms with Gasteiger partial charge in [0.2, 0.25) is 11.8 Å². The highest BCUT2D eigenvalue weighted by atomic mass is 16.2. The van der Waals surface area contributed by atoms with E-state index >= 15 is 0 Å². The molecule has 1 saturated heterocycles. The maximum absolute atomic E-state index is 11.6. The van der Waals surface area contributed by atoms with Crippen molar-refractivity contribution in [2.75, 3.05) is 5.73 Å². The van der Waals surface area contributed by atoms with E-state index < -0.39 is 6.04 Å². The molecular formula is C14H17N3O3. The van der Waals surface area contributed by atoms with Crippen LogP contribution in [0.1, 0.15) is 35.7 Å². The summed E-state index contributed by atoms with van der Waals surface area (Å²) in [6.07, 6.45) is 0.764. The number of carbonyl (C=O) groups excluding carboxylic acids is 3. The third-order valence-corrected chi connectivity index (χ3v) is 3.36. The fourth-order valence-corrected chi connectivity index (χ4v) is 2.25. The molecule has 1 aliphatic heterocycles. The Morgan fingerprint density at radius 3 is 2.85 bits per heavy atom. The molecule has 1 unspecified atom stereocenters. The fourth-order valence-electron chi connectivity index (χ4n) is 2.25. The molecule has 0 spiro atoms. The number of amides is 2. The number of imide groups is 1. The number of nitrogens with one attached hydrogen (secondary N) is 2. The lowest BCUT2D eigenvalue weighted by molar-refractivity contribution is -0.134. The first kappa shape index (κ1) is 14.2. The number of anilines is 1. The van der Waals surface area contributed by atoms with Gasteiger partial charge >= 0.3 is 0 Å². The number of piperidine rings is 1. The molecule has 106 valence electrons. The Hall–Kier alpha value is -2.21. The van der Waals surface area contributed by atoms with Gasteiger partial charge in [0, 0.05) is 24.2 Å². The smallest absolute Gasteiger partial charge is 0.243 e. The van der Waals surface area contributed by atoms with E-state index in [1.807, 2.05) is 0 Å². The largest absolute Gasteiger partial charge is 0.398 e. The Bertz CT molecular complexity index is 569. The third-order valence-electron chi connectivity index (χ3n) is 3.36. The molecule has 1 fully saturated rings. The minimum absolute atomic E-state index is 0.0719. The van der Waals surface area contributed by atoms with Crippen LogP contribution in [0, 0.1) is 0 Å². The highest BCUT2D eigenvalue weighted by Gasteiger charge is 2.26. The molecule has 1 atom stereocenters. The van der Waals surface area contributed by atoms with E-state index in [1.54, 1.807) is 18.2 Å². The zero-order valence-electron chi connectivity index (χ0n) is 11.2. The number of nitrogens with two attached hydrogens (primary N) is 1. The molecule has 6 heteroatoms. The van der Waals surface area contributed by atoms with Crippen molar-refractivity contribution in [3.63, 3.8) is 0 Å². The molecule has 0 saturated carbocycles. The van der Waals surface area contributed by atoms with Crippen molar-refractivity contribution in [1.82, 2.24) is 10.6 Å². The molecule has 0 aromatic heterocycles. The Balaban J connectivity index is 2.09. The molecule has 4 N–H and O–H groups in total. The van der Waals surface area contributed by atoms with Crippen LogP contribution in [0.4, 0.5) is 5.69 Å². The summed E-state index contributed by atoms with van der Waals surface area (Å²) in [6, 6.07) is 4.71. The van der Waals surface area contributed by atoms with Crippen LogP contribution in [0.2, 0.25) is 0 Å². The second-order valence-electron chi connectivity index (χ2n) is 4.81. The summed E-state index contributed by atoms with van der Waals surface area (Å²) in [5.74, 6) is -0.658. The SMILES string of the molecule is CC(=O)c1cccc(N)c1CNC1CCC(=O)NC1=O. The molecule has 0 bridgehead atoms. The zero-order chi connectivity index (χ0) is 14.7. The first-order valence-electron chi connectivity index (χ1n) is 6.44. The quantitative estimate of drug-likeness (QED) is 0.418.